The van der Waals surface area contributed by atoms with Gasteiger partial charge >= 0.3 is 6.18 Å². The minimum atomic E-state index is -4.16. The fourth-order valence-corrected chi connectivity index (χ4v) is 2.78. The molecule has 1 aliphatic carbocycles. The summed E-state index contributed by atoms with van der Waals surface area (Å²) in [7, 11) is 0. The Kier molecular flexibility index (Phi) is 2.88. The van der Waals surface area contributed by atoms with Crippen molar-refractivity contribution in [1.82, 2.24) is 5.32 Å². The van der Waals surface area contributed by atoms with Gasteiger partial charge in [-0.2, -0.15) is 13.2 Å². The standard InChI is InChI=1S/C10H15F3N2S/c1-6-5-16-8(14-7(6)2)15-9(3-4-9)10(11,12)13/h6-7H,3-5H2,1-2H3,(H,14,15). The van der Waals surface area contributed by atoms with E-state index in [1.54, 1.807) is 0 Å². The lowest BCUT2D eigenvalue weighted by Gasteiger charge is -2.28. The summed E-state index contributed by atoms with van der Waals surface area (Å²) in [6, 6.07) is 0.104. The van der Waals surface area contributed by atoms with Gasteiger partial charge in [0.05, 0.1) is 6.04 Å². The molecule has 1 N–H and O–H groups in total. The molecule has 0 aromatic carbocycles. The normalized spacial score (nSPS) is 33.2. The molecule has 0 bridgehead atoms. The molecule has 2 atom stereocenters. The number of nitrogens with one attached hydrogen (secondary N) is 1. The van der Waals surface area contributed by atoms with Crippen LogP contribution >= 0.6 is 11.8 Å². The summed E-state index contributed by atoms with van der Waals surface area (Å²) in [6.45, 7) is 4.01. The lowest BCUT2D eigenvalue weighted by atomic mass is 10.1. The lowest BCUT2D eigenvalue weighted by molar-refractivity contribution is -0.161. The van der Waals surface area contributed by atoms with Gasteiger partial charge in [0, 0.05) is 5.75 Å². The molecular weight excluding hydrogens is 237 g/mol. The van der Waals surface area contributed by atoms with E-state index in [-0.39, 0.29) is 18.9 Å². The number of hydrogen-bond donors (Lipinski definition) is 1. The number of amidine groups is 1. The van der Waals surface area contributed by atoms with E-state index in [9.17, 15) is 13.2 Å². The average Bonchev–Trinajstić information content (AvgIpc) is 2.91. The van der Waals surface area contributed by atoms with E-state index in [1.165, 1.54) is 11.8 Å². The molecule has 0 saturated heterocycles. The van der Waals surface area contributed by atoms with E-state index in [0.29, 0.717) is 11.1 Å². The Morgan fingerprint density at radius 3 is 2.44 bits per heavy atom. The molecule has 0 aromatic heterocycles. The highest BCUT2D eigenvalue weighted by Crippen LogP contribution is 2.49. The van der Waals surface area contributed by atoms with E-state index in [1.807, 2.05) is 6.92 Å². The van der Waals surface area contributed by atoms with Crippen molar-refractivity contribution in [3.05, 3.63) is 0 Å². The van der Waals surface area contributed by atoms with Crippen LogP contribution in [0.1, 0.15) is 26.7 Å². The molecule has 1 fully saturated rings. The molecule has 0 amide bonds. The van der Waals surface area contributed by atoms with E-state index < -0.39 is 11.7 Å². The van der Waals surface area contributed by atoms with Crippen LogP contribution in [0.3, 0.4) is 0 Å². The van der Waals surface area contributed by atoms with Crippen molar-refractivity contribution in [3.8, 4) is 0 Å². The minimum Gasteiger partial charge on any atom is -0.351 e. The van der Waals surface area contributed by atoms with Crippen LogP contribution in [0.15, 0.2) is 4.99 Å². The third kappa shape index (κ3) is 2.17. The van der Waals surface area contributed by atoms with Gasteiger partial charge in [0.15, 0.2) is 5.17 Å². The second kappa shape index (κ2) is 3.82. The van der Waals surface area contributed by atoms with Gasteiger partial charge in [0.2, 0.25) is 0 Å². The fraction of sp³-hybridized carbons (Fsp3) is 0.900. The second-order valence-electron chi connectivity index (χ2n) is 4.67. The van der Waals surface area contributed by atoms with Crippen molar-refractivity contribution >= 4 is 16.9 Å². The number of aliphatic imine (C=N–C) groups is 1. The van der Waals surface area contributed by atoms with Gasteiger partial charge in [-0.3, -0.25) is 4.99 Å². The third-order valence-corrected chi connectivity index (χ3v) is 4.44. The number of hydrogen-bond acceptors (Lipinski definition) is 3. The van der Waals surface area contributed by atoms with Crippen LogP contribution in [0.2, 0.25) is 0 Å². The molecule has 2 nitrogen and oxygen atoms in total. The van der Waals surface area contributed by atoms with Gasteiger partial charge in [0.1, 0.15) is 5.54 Å². The van der Waals surface area contributed by atoms with Crippen molar-refractivity contribution in [2.75, 3.05) is 5.75 Å². The summed E-state index contributed by atoms with van der Waals surface area (Å²) in [5.74, 6) is 1.26. The lowest BCUT2D eigenvalue weighted by Crippen LogP contribution is -2.48. The number of alkyl halides is 3. The first-order valence-corrected chi connectivity index (χ1v) is 6.38. The molecule has 1 aliphatic heterocycles. The van der Waals surface area contributed by atoms with Crippen LogP contribution in [0, 0.1) is 5.92 Å². The van der Waals surface area contributed by atoms with Gasteiger partial charge in [0.25, 0.3) is 0 Å². The Balaban J connectivity index is 2.04. The largest absolute Gasteiger partial charge is 0.411 e. The Labute approximate surface area is 97.1 Å². The van der Waals surface area contributed by atoms with Gasteiger partial charge in [-0.1, -0.05) is 18.7 Å². The first-order valence-electron chi connectivity index (χ1n) is 5.39. The van der Waals surface area contributed by atoms with Crippen LogP contribution in [0.4, 0.5) is 13.2 Å². The maximum atomic E-state index is 12.7. The fourth-order valence-electron chi connectivity index (χ4n) is 1.58. The van der Waals surface area contributed by atoms with Crippen LogP contribution in [0.25, 0.3) is 0 Å². The SMILES string of the molecule is CC1CSC(NC2(C(F)(F)F)CC2)=NC1C. The summed E-state index contributed by atoms with van der Waals surface area (Å²) >= 11 is 1.40. The average molecular weight is 252 g/mol. The van der Waals surface area contributed by atoms with Crippen LogP contribution < -0.4 is 5.32 Å². The Morgan fingerprint density at radius 1 is 1.38 bits per heavy atom. The minimum absolute atomic E-state index is 0.104. The van der Waals surface area contributed by atoms with Crippen molar-refractivity contribution < 1.29 is 13.2 Å². The zero-order valence-electron chi connectivity index (χ0n) is 9.27. The topological polar surface area (TPSA) is 24.4 Å². The highest BCUT2D eigenvalue weighted by molar-refractivity contribution is 8.13. The molecule has 6 heteroatoms. The molecule has 1 saturated carbocycles. The molecule has 1 heterocycles. The van der Waals surface area contributed by atoms with Gasteiger partial charge in [-0.15, -0.1) is 0 Å². The van der Waals surface area contributed by atoms with Gasteiger partial charge in [-0.25, -0.2) is 0 Å². The predicted molar refractivity (Wildman–Crippen MR) is 59.7 cm³/mol. The predicted octanol–water partition coefficient (Wildman–Crippen LogP) is 2.80. The highest BCUT2D eigenvalue weighted by Gasteiger charge is 2.64. The summed E-state index contributed by atoms with van der Waals surface area (Å²) in [5, 5.41) is 3.04. The van der Waals surface area contributed by atoms with Gasteiger partial charge in [-0.05, 0) is 25.7 Å². The monoisotopic (exact) mass is 252 g/mol. The maximum Gasteiger partial charge on any atom is 0.411 e. The molecule has 2 aliphatic rings. The highest BCUT2D eigenvalue weighted by atomic mass is 32.2. The first kappa shape index (κ1) is 12.1. The zero-order chi connectivity index (χ0) is 12.0. The van der Waals surface area contributed by atoms with E-state index in [2.05, 4.69) is 17.2 Å². The molecule has 0 spiro atoms. The molecule has 92 valence electrons. The van der Waals surface area contributed by atoms with Crippen molar-refractivity contribution in [1.29, 1.82) is 0 Å². The van der Waals surface area contributed by atoms with Crippen LogP contribution in [-0.4, -0.2) is 28.7 Å². The van der Waals surface area contributed by atoms with Crippen molar-refractivity contribution in [2.24, 2.45) is 10.9 Å². The number of nitrogens with zero attached hydrogens (tertiary/aromatic N) is 1. The van der Waals surface area contributed by atoms with E-state index >= 15 is 0 Å². The number of thioether (sulfide) groups is 1. The zero-order valence-corrected chi connectivity index (χ0v) is 10.1. The maximum absolute atomic E-state index is 12.7. The second-order valence-corrected chi connectivity index (χ2v) is 5.68. The molecule has 2 rings (SSSR count). The Hall–Kier alpha value is -0.390. The summed E-state index contributed by atoms with van der Waals surface area (Å²) in [5.41, 5.74) is -1.68. The summed E-state index contributed by atoms with van der Waals surface area (Å²) in [4.78, 5) is 4.27. The molecule has 16 heavy (non-hydrogen) atoms. The number of rotatable bonds is 1. The summed E-state index contributed by atoms with van der Waals surface area (Å²) in [6.07, 6.45) is -3.83. The Morgan fingerprint density at radius 2 is 2.00 bits per heavy atom. The molecular formula is C10H15F3N2S. The van der Waals surface area contributed by atoms with Crippen LogP contribution in [0.5, 0.6) is 0 Å². The van der Waals surface area contributed by atoms with Crippen LogP contribution in [-0.2, 0) is 0 Å². The summed E-state index contributed by atoms with van der Waals surface area (Å²) < 4.78 is 38.1. The van der Waals surface area contributed by atoms with Crippen molar-refractivity contribution in [3.63, 3.8) is 0 Å². The number of halogens is 3. The third-order valence-electron chi connectivity index (χ3n) is 3.27. The van der Waals surface area contributed by atoms with Crippen molar-refractivity contribution in [2.45, 2.75) is 44.4 Å². The smallest absolute Gasteiger partial charge is 0.351 e. The Bertz CT molecular complexity index is 310. The first-order chi connectivity index (χ1) is 7.34. The molecule has 0 aromatic rings. The quantitative estimate of drug-likeness (QED) is 0.776. The molecule has 0 radical (unpaired) electrons. The van der Waals surface area contributed by atoms with E-state index in [0.717, 1.165) is 5.75 Å². The molecule has 2 unspecified atom stereocenters. The van der Waals surface area contributed by atoms with Gasteiger partial charge < -0.3 is 5.32 Å². The van der Waals surface area contributed by atoms with E-state index in [4.69, 9.17) is 0 Å².